The van der Waals surface area contributed by atoms with Crippen LogP contribution in [0, 0.1) is 5.92 Å². The predicted octanol–water partition coefficient (Wildman–Crippen LogP) is 1.87. The second kappa shape index (κ2) is 7.82. The Kier molecular flexibility index (Phi) is 5.27. The summed E-state index contributed by atoms with van der Waals surface area (Å²) in [7, 11) is 1.83. The van der Waals surface area contributed by atoms with Crippen molar-refractivity contribution < 1.29 is 9.53 Å². The first-order chi connectivity index (χ1) is 13.2. The van der Waals surface area contributed by atoms with E-state index in [1.54, 1.807) is 17.0 Å². The number of carbonyl (C=O) groups excluding carboxylic acids is 1. The number of imidazole rings is 1. The molecule has 6 heteroatoms. The molecular weight excluding hydrogens is 340 g/mol. The first-order valence-electron chi connectivity index (χ1n) is 9.82. The molecule has 2 aliphatic heterocycles. The van der Waals surface area contributed by atoms with E-state index in [1.165, 1.54) is 5.56 Å². The highest BCUT2D eigenvalue weighted by Crippen LogP contribution is 2.41. The van der Waals surface area contributed by atoms with Gasteiger partial charge in [0.05, 0.1) is 5.60 Å². The fourth-order valence-electron chi connectivity index (χ4n) is 4.37. The van der Waals surface area contributed by atoms with Gasteiger partial charge in [-0.3, -0.25) is 9.69 Å². The fourth-order valence-corrected chi connectivity index (χ4v) is 4.37. The van der Waals surface area contributed by atoms with E-state index >= 15 is 0 Å². The Bertz CT molecular complexity index is 767. The Labute approximate surface area is 160 Å². The molecule has 1 spiro atoms. The quantitative estimate of drug-likeness (QED) is 0.811. The van der Waals surface area contributed by atoms with Gasteiger partial charge in [-0.25, -0.2) is 4.98 Å². The number of ether oxygens (including phenoxy) is 1. The third kappa shape index (κ3) is 3.92. The molecule has 4 rings (SSSR count). The molecule has 0 bridgehead atoms. The molecule has 1 amide bonds. The van der Waals surface area contributed by atoms with Gasteiger partial charge in [-0.05, 0) is 30.7 Å². The molecule has 2 fully saturated rings. The van der Waals surface area contributed by atoms with Gasteiger partial charge in [0, 0.05) is 52.2 Å². The fraction of sp³-hybridized carbons (Fsp3) is 0.524. The van der Waals surface area contributed by atoms with Crippen molar-refractivity contribution in [2.24, 2.45) is 13.0 Å². The number of nitrogens with one attached hydrogen (secondary N) is 1. The Morgan fingerprint density at radius 1 is 1.33 bits per heavy atom. The molecule has 1 atom stereocenters. The van der Waals surface area contributed by atoms with Crippen LogP contribution in [0.25, 0.3) is 0 Å². The zero-order valence-electron chi connectivity index (χ0n) is 15.9. The second-order valence-corrected chi connectivity index (χ2v) is 7.75. The van der Waals surface area contributed by atoms with E-state index in [9.17, 15) is 4.79 Å². The summed E-state index contributed by atoms with van der Waals surface area (Å²) in [6.07, 6.45) is 6.56. The lowest BCUT2D eigenvalue weighted by atomic mass is 9.79. The molecule has 3 heterocycles. The van der Waals surface area contributed by atoms with E-state index in [4.69, 9.17) is 4.74 Å². The van der Waals surface area contributed by atoms with Crippen LogP contribution >= 0.6 is 0 Å². The Hall–Kier alpha value is -2.18. The van der Waals surface area contributed by atoms with Crippen LogP contribution in [-0.2, 0) is 18.2 Å². The van der Waals surface area contributed by atoms with Crippen molar-refractivity contribution >= 4 is 5.91 Å². The minimum Gasteiger partial charge on any atom is -0.372 e. The first kappa shape index (κ1) is 18.2. The van der Waals surface area contributed by atoms with Crippen molar-refractivity contribution in [3.05, 3.63) is 54.1 Å². The number of nitrogens with zero attached hydrogens (tertiary/aromatic N) is 3. The molecule has 1 aromatic heterocycles. The van der Waals surface area contributed by atoms with Crippen molar-refractivity contribution in [1.82, 2.24) is 19.8 Å². The van der Waals surface area contributed by atoms with Crippen molar-refractivity contribution in [3.63, 3.8) is 0 Å². The summed E-state index contributed by atoms with van der Waals surface area (Å²) in [6.45, 7) is 4.61. The van der Waals surface area contributed by atoms with Gasteiger partial charge >= 0.3 is 0 Å². The van der Waals surface area contributed by atoms with E-state index in [1.807, 2.05) is 7.05 Å². The number of benzene rings is 1. The molecule has 27 heavy (non-hydrogen) atoms. The highest BCUT2D eigenvalue weighted by Gasteiger charge is 2.52. The summed E-state index contributed by atoms with van der Waals surface area (Å²) in [6, 6.07) is 10.6. The molecule has 1 N–H and O–H groups in total. The highest BCUT2D eigenvalue weighted by molar-refractivity contribution is 5.90. The number of carbonyl (C=O) groups is 1. The van der Waals surface area contributed by atoms with E-state index in [0.29, 0.717) is 18.3 Å². The predicted molar refractivity (Wildman–Crippen MR) is 104 cm³/mol. The molecule has 144 valence electrons. The van der Waals surface area contributed by atoms with E-state index < -0.39 is 0 Å². The van der Waals surface area contributed by atoms with Gasteiger partial charge in [0.15, 0.2) is 5.82 Å². The van der Waals surface area contributed by atoms with Crippen LogP contribution in [0.3, 0.4) is 0 Å². The van der Waals surface area contributed by atoms with Crippen LogP contribution in [0.15, 0.2) is 42.7 Å². The number of rotatable bonds is 7. The number of hydrogen-bond donors (Lipinski definition) is 1. The molecule has 0 aliphatic carbocycles. The minimum atomic E-state index is -0.103. The van der Waals surface area contributed by atoms with Crippen LogP contribution < -0.4 is 5.32 Å². The van der Waals surface area contributed by atoms with Crippen LogP contribution in [0.2, 0.25) is 0 Å². The average molecular weight is 368 g/mol. The summed E-state index contributed by atoms with van der Waals surface area (Å²) in [5.41, 5.74) is 1.39. The lowest BCUT2D eigenvalue weighted by Crippen LogP contribution is -2.65. The maximum atomic E-state index is 12.2. The van der Waals surface area contributed by atoms with Crippen molar-refractivity contribution in [3.8, 4) is 0 Å². The van der Waals surface area contributed by atoms with Gasteiger partial charge in [-0.2, -0.15) is 0 Å². The number of aryl methyl sites for hydroxylation is 1. The van der Waals surface area contributed by atoms with Gasteiger partial charge in [-0.15, -0.1) is 0 Å². The number of amides is 1. The largest absolute Gasteiger partial charge is 0.372 e. The number of aromatic nitrogens is 2. The van der Waals surface area contributed by atoms with E-state index in [-0.39, 0.29) is 11.5 Å². The molecule has 0 saturated carbocycles. The van der Waals surface area contributed by atoms with Crippen molar-refractivity contribution in [2.75, 3.05) is 32.8 Å². The lowest BCUT2D eigenvalue weighted by Gasteiger charge is -2.50. The Morgan fingerprint density at radius 2 is 2.15 bits per heavy atom. The zero-order valence-corrected chi connectivity index (χ0v) is 15.9. The molecule has 0 radical (unpaired) electrons. The molecule has 1 unspecified atom stereocenters. The maximum absolute atomic E-state index is 12.2. The minimum absolute atomic E-state index is 0.00460. The van der Waals surface area contributed by atoms with E-state index in [0.717, 1.165) is 45.5 Å². The first-order valence-corrected chi connectivity index (χ1v) is 9.82. The SMILES string of the molecule is Cn1ccnc1C(=O)NCCC1CCOC12CN(CCc1ccccc1)C2. The summed E-state index contributed by atoms with van der Waals surface area (Å²) in [4.78, 5) is 18.8. The Morgan fingerprint density at radius 3 is 2.89 bits per heavy atom. The van der Waals surface area contributed by atoms with Crippen molar-refractivity contribution in [2.45, 2.75) is 24.9 Å². The number of hydrogen-bond acceptors (Lipinski definition) is 4. The van der Waals surface area contributed by atoms with E-state index in [2.05, 4.69) is 45.5 Å². The summed E-state index contributed by atoms with van der Waals surface area (Å²) in [5, 5.41) is 3.01. The second-order valence-electron chi connectivity index (χ2n) is 7.75. The van der Waals surface area contributed by atoms with Gasteiger partial charge in [-0.1, -0.05) is 30.3 Å². The van der Waals surface area contributed by atoms with Crippen LogP contribution in [-0.4, -0.2) is 58.7 Å². The number of likely N-dealkylation sites (tertiary alicyclic amines) is 1. The molecular formula is C21H28N4O2. The van der Waals surface area contributed by atoms with Gasteiger partial charge in [0.2, 0.25) is 0 Å². The maximum Gasteiger partial charge on any atom is 0.287 e. The molecule has 6 nitrogen and oxygen atoms in total. The Balaban J connectivity index is 1.22. The van der Waals surface area contributed by atoms with Gasteiger partial charge in [0.25, 0.3) is 5.91 Å². The smallest absolute Gasteiger partial charge is 0.287 e. The monoisotopic (exact) mass is 368 g/mol. The third-order valence-corrected chi connectivity index (χ3v) is 5.94. The molecule has 1 aromatic carbocycles. The summed E-state index contributed by atoms with van der Waals surface area (Å²) >= 11 is 0. The summed E-state index contributed by atoms with van der Waals surface area (Å²) < 4.78 is 7.89. The zero-order chi connectivity index (χ0) is 18.7. The van der Waals surface area contributed by atoms with Gasteiger partial charge in [0.1, 0.15) is 0 Å². The van der Waals surface area contributed by atoms with Gasteiger partial charge < -0.3 is 14.6 Å². The third-order valence-electron chi connectivity index (χ3n) is 5.94. The van der Waals surface area contributed by atoms with Crippen LogP contribution in [0.4, 0.5) is 0 Å². The van der Waals surface area contributed by atoms with Crippen LogP contribution in [0.5, 0.6) is 0 Å². The van der Waals surface area contributed by atoms with Crippen LogP contribution in [0.1, 0.15) is 29.0 Å². The molecule has 2 aromatic rings. The topological polar surface area (TPSA) is 59.4 Å². The normalized spacial score (nSPS) is 21.3. The standard InChI is InChI=1S/C21H28N4O2/c1-24-13-11-22-19(24)20(26)23-10-7-18-9-14-27-21(18)15-25(16-21)12-8-17-5-3-2-4-6-17/h2-6,11,13,18H,7-10,12,14-16H2,1H3,(H,23,26). The lowest BCUT2D eigenvalue weighted by molar-refractivity contribution is -0.133. The van der Waals surface area contributed by atoms with Crippen molar-refractivity contribution in [1.29, 1.82) is 0 Å². The molecule has 2 saturated heterocycles. The summed E-state index contributed by atoms with van der Waals surface area (Å²) in [5.74, 6) is 0.879. The average Bonchev–Trinajstić information content (AvgIpc) is 3.26. The highest BCUT2D eigenvalue weighted by atomic mass is 16.5. The molecule has 2 aliphatic rings.